The van der Waals surface area contributed by atoms with Gasteiger partial charge in [-0.25, -0.2) is 0 Å². The van der Waals surface area contributed by atoms with E-state index in [9.17, 15) is 0 Å². The summed E-state index contributed by atoms with van der Waals surface area (Å²) in [5.41, 5.74) is 1.50. The minimum atomic E-state index is -0.127. The van der Waals surface area contributed by atoms with Gasteiger partial charge in [-0.1, -0.05) is 0 Å². The van der Waals surface area contributed by atoms with Crippen LogP contribution in [0.3, 0.4) is 0 Å². The molecule has 2 rings (SSSR count). The molecule has 0 radical (unpaired) electrons. The first-order chi connectivity index (χ1) is 3.79. The molecule has 2 N–H and O–H groups in total. The van der Waals surface area contributed by atoms with Crippen molar-refractivity contribution in [3.8, 4) is 11.9 Å². The van der Waals surface area contributed by atoms with Crippen molar-refractivity contribution in [3.05, 3.63) is 11.1 Å². The van der Waals surface area contributed by atoms with Crippen LogP contribution in [0.25, 0.3) is 0 Å². The fourth-order valence-electron chi connectivity index (χ4n) is 0.757. The Bertz CT molecular complexity index is 207. The smallest absolute Gasteiger partial charge is 0.288 e. The van der Waals surface area contributed by atoms with Crippen LogP contribution in [0.5, 0.6) is 11.9 Å². The number of aromatic hydroxyl groups is 2. The van der Waals surface area contributed by atoms with E-state index >= 15 is 0 Å². The molecule has 1 heterocycles. The molecule has 8 heavy (non-hydrogen) atoms. The Hall–Kier alpha value is -1.12. The van der Waals surface area contributed by atoms with Gasteiger partial charge in [0.05, 0.1) is 0 Å². The highest BCUT2D eigenvalue weighted by molar-refractivity contribution is 5.55. The molecule has 0 spiro atoms. The van der Waals surface area contributed by atoms with Gasteiger partial charge >= 0.3 is 0 Å². The van der Waals surface area contributed by atoms with Crippen molar-refractivity contribution >= 4 is 0 Å². The maximum Gasteiger partial charge on any atom is 0.288 e. The third-order valence-corrected chi connectivity index (χ3v) is 1.30. The lowest BCUT2D eigenvalue weighted by Crippen LogP contribution is -1.57. The molecular formula is C5H4O3. The number of furan rings is 1. The van der Waals surface area contributed by atoms with E-state index in [-0.39, 0.29) is 11.9 Å². The van der Waals surface area contributed by atoms with Crippen molar-refractivity contribution in [2.24, 2.45) is 0 Å². The summed E-state index contributed by atoms with van der Waals surface area (Å²) in [6.07, 6.45) is 0.692. The molecule has 0 amide bonds. The van der Waals surface area contributed by atoms with Gasteiger partial charge in [-0.05, 0) is 0 Å². The van der Waals surface area contributed by atoms with Crippen LogP contribution < -0.4 is 0 Å². The van der Waals surface area contributed by atoms with E-state index < -0.39 is 0 Å². The Morgan fingerprint density at radius 1 is 1.12 bits per heavy atom. The van der Waals surface area contributed by atoms with Crippen molar-refractivity contribution in [2.75, 3.05) is 0 Å². The van der Waals surface area contributed by atoms with Gasteiger partial charge in [0.25, 0.3) is 11.9 Å². The Kier molecular flexibility index (Phi) is 0.404. The largest absolute Gasteiger partial charge is 0.480 e. The first-order valence-corrected chi connectivity index (χ1v) is 2.31. The molecule has 0 bridgehead atoms. The molecule has 0 aliphatic heterocycles. The molecule has 0 saturated heterocycles. The van der Waals surface area contributed by atoms with E-state index in [1.54, 1.807) is 0 Å². The van der Waals surface area contributed by atoms with Crippen molar-refractivity contribution in [1.82, 2.24) is 0 Å². The molecule has 1 aliphatic rings. The van der Waals surface area contributed by atoms with Crippen LogP contribution in [0.15, 0.2) is 4.42 Å². The van der Waals surface area contributed by atoms with E-state index in [1.807, 2.05) is 0 Å². The highest BCUT2D eigenvalue weighted by Gasteiger charge is 2.31. The molecule has 42 valence electrons. The first kappa shape index (κ1) is 3.83. The predicted molar refractivity (Wildman–Crippen MR) is 24.8 cm³/mol. The summed E-state index contributed by atoms with van der Waals surface area (Å²) < 4.78 is 4.39. The van der Waals surface area contributed by atoms with E-state index in [0.29, 0.717) is 6.42 Å². The van der Waals surface area contributed by atoms with E-state index in [0.717, 1.165) is 11.1 Å². The van der Waals surface area contributed by atoms with Crippen molar-refractivity contribution in [2.45, 2.75) is 6.42 Å². The van der Waals surface area contributed by atoms with Crippen LogP contribution in [0.4, 0.5) is 0 Å². The van der Waals surface area contributed by atoms with Crippen molar-refractivity contribution in [1.29, 1.82) is 0 Å². The van der Waals surface area contributed by atoms with Crippen LogP contribution in [0.1, 0.15) is 11.1 Å². The monoisotopic (exact) mass is 112 g/mol. The zero-order valence-electron chi connectivity index (χ0n) is 4.01. The number of fused-ring (bicyclic) bond motifs is 1. The normalized spacial score (nSPS) is 13.5. The number of hydrogen-bond acceptors (Lipinski definition) is 3. The van der Waals surface area contributed by atoms with E-state index in [2.05, 4.69) is 4.42 Å². The molecule has 0 saturated carbocycles. The molecule has 1 aromatic heterocycles. The molecule has 3 heteroatoms. The topological polar surface area (TPSA) is 53.6 Å². The van der Waals surface area contributed by atoms with Crippen LogP contribution in [-0.2, 0) is 6.42 Å². The molecule has 1 aromatic rings. The fraction of sp³-hybridized carbons (Fsp3) is 0.200. The highest BCUT2D eigenvalue weighted by Crippen LogP contribution is 2.45. The summed E-state index contributed by atoms with van der Waals surface area (Å²) in [7, 11) is 0. The summed E-state index contributed by atoms with van der Waals surface area (Å²) in [6.45, 7) is 0. The number of rotatable bonds is 0. The van der Waals surface area contributed by atoms with Gasteiger partial charge in [0, 0.05) is 17.5 Å². The minimum Gasteiger partial charge on any atom is -0.480 e. The van der Waals surface area contributed by atoms with Crippen LogP contribution in [-0.4, -0.2) is 10.2 Å². The quantitative estimate of drug-likeness (QED) is 0.524. The molecule has 1 aliphatic carbocycles. The van der Waals surface area contributed by atoms with E-state index in [4.69, 9.17) is 10.2 Å². The van der Waals surface area contributed by atoms with Crippen molar-refractivity contribution in [3.63, 3.8) is 0 Å². The van der Waals surface area contributed by atoms with Gasteiger partial charge in [-0.2, -0.15) is 0 Å². The zero-order chi connectivity index (χ0) is 5.72. The summed E-state index contributed by atoms with van der Waals surface area (Å²) >= 11 is 0. The van der Waals surface area contributed by atoms with Crippen molar-refractivity contribution < 1.29 is 14.6 Å². The maximum atomic E-state index is 8.67. The molecule has 0 atom stereocenters. The maximum absolute atomic E-state index is 8.67. The van der Waals surface area contributed by atoms with E-state index in [1.165, 1.54) is 0 Å². The van der Waals surface area contributed by atoms with Gasteiger partial charge in [-0.3, -0.25) is 0 Å². The van der Waals surface area contributed by atoms with Crippen LogP contribution in [0.2, 0.25) is 0 Å². The first-order valence-electron chi connectivity index (χ1n) is 2.31. The molecule has 0 fully saturated rings. The Morgan fingerprint density at radius 2 is 1.62 bits per heavy atom. The molecule has 3 nitrogen and oxygen atoms in total. The summed E-state index contributed by atoms with van der Waals surface area (Å²) in [5.74, 6) is -0.255. The molecular weight excluding hydrogens is 108 g/mol. The second-order valence-electron chi connectivity index (χ2n) is 1.85. The van der Waals surface area contributed by atoms with Gasteiger partial charge in [0.15, 0.2) is 0 Å². The van der Waals surface area contributed by atoms with Gasteiger partial charge in [0.1, 0.15) is 0 Å². The van der Waals surface area contributed by atoms with Crippen LogP contribution in [0, 0.1) is 0 Å². The Morgan fingerprint density at radius 3 is 1.75 bits per heavy atom. The average Bonchev–Trinajstić information content (AvgIpc) is 2.35. The number of hydrogen-bond donors (Lipinski definition) is 2. The van der Waals surface area contributed by atoms with Gasteiger partial charge < -0.3 is 14.6 Å². The van der Waals surface area contributed by atoms with Crippen LogP contribution >= 0.6 is 0 Å². The lowest BCUT2D eigenvalue weighted by molar-refractivity contribution is 0.259. The summed E-state index contributed by atoms with van der Waals surface area (Å²) in [4.78, 5) is 0. The second-order valence-corrected chi connectivity index (χ2v) is 1.85. The summed E-state index contributed by atoms with van der Waals surface area (Å²) in [5, 5.41) is 17.3. The molecule has 0 unspecified atom stereocenters. The Labute approximate surface area is 45.2 Å². The third kappa shape index (κ3) is 0.258. The minimum absolute atomic E-state index is 0.127. The SMILES string of the molecule is Oc1oc(O)c2c1C2. The highest BCUT2D eigenvalue weighted by atomic mass is 16.5. The Balaban J connectivity index is 2.71. The zero-order valence-corrected chi connectivity index (χ0v) is 4.01. The fourth-order valence-corrected chi connectivity index (χ4v) is 0.757. The second kappa shape index (κ2) is 0.844. The lowest BCUT2D eigenvalue weighted by atomic mass is 10.6. The summed E-state index contributed by atoms with van der Waals surface area (Å²) in [6, 6.07) is 0. The lowest BCUT2D eigenvalue weighted by Gasteiger charge is -1.82. The van der Waals surface area contributed by atoms with Gasteiger partial charge in [-0.15, -0.1) is 0 Å². The average molecular weight is 112 g/mol. The standard InChI is InChI=1S/C5H4O3/c6-4-2-1-3(2)5(7)8-4/h6-7H,1H2. The molecule has 0 aromatic carbocycles. The third-order valence-electron chi connectivity index (χ3n) is 1.30. The predicted octanol–water partition coefficient (Wildman–Crippen LogP) is 0.595. The van der Waals surface area contributed by atoms with Gasteiger partial charge in [0.2, 0.25) is 0 Å².